The Morgan fingerprint density at radius 3 is 2.46 bits per heavy atom. The molecule has 1 amide bonds. The van der Waals surface area contributed by atoms with Crippen molar-refractivity contribution in [3.63, 3.8) is 0 Å². The van der Waals surface area contributed by atoms with Crippen molar-refractivity contribution in [3.05, 3.63) is 71.3 Å². The van der Waals surface area contributed by atoms with Crippen molar-refractivity contribution in [2.45, 2.75) is 38.6 Å². The van der Waals surface area contributed by atoms with Gasteiger partial charge in [-0.3, -0.25) is 9.69 Å². The van der Waals surface area contributed by atoms with Gasteiger partial charge in [-0.1, -0.05) is 60.2 Å². The molecule has 0 aromatic heterocycles. The first-order valence-corrected chi connectivity index (χ1v) is 10.4. The van der Waals surface area contributed by atoms with E-state index >= 15 is 0 Å². The standard InChI is InChI=1S/C24H32N2O2/c1-20-11-13-22(14-12-20)23(26-15-17-28-18-16-26)19-25-24(27)10-6-5-9-21-7-3-2-4-8-21/h2-4,7-8,11-14,23H,5-6,9-10,15-19H2,1H3,(H,25,27). The molecule has 1 saturated heterocycles. The predicted octanol–water partition coefficient (Wildman–Crippen LogP) is 3.90. The van der Waals surface area contributed by atoms with Gasteiger partial charge in [-0.05, 0) is 37.3 Å². The largest absolute Gasteiger partial charge is 0.379 e. The average molecular weight is 381 g/mol. The van der Waals surface area contributed by atoms with Crippen molar-refractivity contribution >= 4 is 5.91 Å². The fourth-order valence-electron chi connectivity index (χ4n) is 3.69. The fourth-order valence-corrected chi connectivity index (χ4v) is 3.69. The summed E-state index contributed by atoms with van der Waals surface area (Å²) in [5, 5.41) is 3.17. The molecule has 1 fully saturated rings. The van der Waals surface area contributed by atoms with E-state index in [0.717, 1.165) is 45.6 Å². The molecule has 0 saturated carbocycles. The van der Waals surface area contributed by atoms with Crippen LogP contribution in [0.15, 0.2) is 54.6 Å². The molecule has 1 N–H and O–H groups in total. The third-order valence-electron chi connectivity index (χ3n) is 5.40. The summed E-state index contributed by atoms with van der Waals surface area (Å²) in [5.74, 6) is 0.151. The Morgan fingerprint density at radius 1 is 1.04 bits per heavy atom. The Labute approximate surface area is 168 Å². The minimum atomic E-state index is 0.151. The van der Waals surface area contributed by atoms with Crippen LogP contribution in [0.2, 0.25) is 0 Å². The highest BCUT2D eigenvalue weighted by atomic mass is 16.5. The van der Waals surface area contributed by atoms with E-state index in [2.05, 4.69) is 65.7 Å². The molecule has 1 heterocycles. The lowest BCUT2D eigenvalue weighted by Gasteiger charge is -2.35. The molecule has 28 heavy (non-hydrogen) atoms. The van der Waals surface area contributed by atoms with Crippen LogP contribution in [-0.4, -0.2) is 43.7 Å². The van der Waals surface area contributed by atoms with E-state index in [0.29, 0.717) is 13.0 Å². The normalized spacial score (nSPS) is 15.9. The maximum absolute atomic E-state index is 12.4. The van der Waals surface area contributed by atoms with Crippen LogP contribution in [0.4, 0.5) is 0 Å². The summed E-state index contributed by atoms with van der Waals surface area (Å²) in [6.07, 6.45) is 3.60. The first-order valence-electron chi connectivity index (χ1n) is 10.4. The summed E-state index contributed by atoms with van der Waals surface area (Å²) in [5.41, 5.74) is 3.86. The summed E-state index contributed by atoms with van der Waals surface area (Å²) >= 11 is 0. The van der Waals surface area contributed by atoms with Crippen molar-refractivity contribution in [1.29, 1.82) is 0 Å². The summed E-state index contributed by atoms with van der Waals surface area (Å²) in [6.45, 7) is 6.09. The summed E-state index contributed by atoms with van der Waals surface area (Å²) in [4.78, 5) is 14.8. The van der Waals surface area contributed by atoms with E-state index in [9.17, 15) is 4.79 Å². The van der Waals surface area contributed by atoms with Gasteiger partial charge in [0.2, 0.25) is 5.91 Å². The maximum Gasteiger partial charge on any atom is 0.220 e. The van der Waals surface area contributed by atoms with E-state index in [-0.39, 0.29) is 11.9 Å². The van der Waals surface area contributed by atoms with Gasteiger partial charge < -0.3 is 10.1 Å². The van der Waals surface area contributed by atoms with Gasteiger partial charge in [-0.2, -0.15) is 0 Å². The first kappa shape index (κ1) is 20.6. The monoisotopic (exact) mass is 380 g/mol. The summed E-state index contributed by atoms with van der Waals surface area (Å²) < 4.78 is 5.50. The number of rotatable bonds is 9. The Morgan fingerprint density at radius 2 is 1.75 bits per heavy atom. The van der Waals surface area contributed by atoms with Crippen LogP contribution in [-0.2, 0) is 16.0 Å². The summed E-state index contributed by atoms with van der Waals surface area (Å²) in [7, 11) is 0. The predicted molar refractivity (Wildman–Crippen MR) is 113 cm³/mol. The molecule has 1 aliphatic rings. The first-order chi connectivity index (χ1) is 13.7. The van der Waals surface area contributed by atoms with Crippen LogP contribution in [0.3, 0.4) is 0 Å². The van der Waals surface area contributed by atoms with Crippen LogP contribution < -0.4 is 5.32 Å². The Balaban J connectivity index is 1.46. The van der Waals surface area contributed by atoms with Crippen LogP contribution in [0.25, 0.3) is 0 Å². The molecule has 1 aliphatic heterocycles. The number of hydrogen-bond donors (Lipinski definition) is 1. The number of benzene rings is 2. The van der Waals surface area contributed by atoms with Crippen molar-refractivity contribution in [1.82, 2.24) is 10.2 Å². The third-order valence-corrected chi connectivity index (χ3v) is 5.40. The number of ether oxygens (including phenoxy) is 1. The van der Waals surface area contributed by atoms with Gasteiger partial charge in [0.1, 0.15) is 0 Å². The van der Waals surface area contributed by atoms with Crippen LogP contribution >= 0.6 is 0 Å². The minimum Gasteiger partial charge on any atom is -0.379 e. The molecule has 0 aliphatic carbocycles. The Hall–Kier alpha value is -2.17. The van der Waals surface area contributed by atoms with Crippen molar-refractivity contribution in [2.75, 3.05) is 32.8 Å². The molecule has 0 spiro atoms. The zero-order valence-electron chi connectivity index (χ0n) is 16.9. The smallest absolute Gasteiger partial charge is 0.220 e. The van der Waals surface area contributed by atoms with Gasteiger partial charge in [0.15, 0.2) is 0 Å². The number of aryl methyl sites for hydroxylation is 2. The highest BCUT2D eigenvalue weighted by Crippen LogP contribution is 2.22. The van der Waals surface area contributed by atoms with E-state index in [4.69, 9.17) is 4.74 Å². The Kier molecular flexibility index (Phi) is 8.07. The highest BCUT2D eigenvalue weighted by Gasteiger charge is 2.23. The number of unbranched alkanes of at least 4 members (excludes halogenated alkanes) is 1. The second kappa shape index (κ2) is 11.0. The number of hydrogen-bond acceptors (Lipinski definition) is 3. The average Bonchev–Trinajstić information content (AvgIpc) is 2.74. The third kappa shape index (κ3) is 6.47. The fraction of sp³-hybridized carbons (Fsp3) is 0.458. The minimum absolute atomic E-state index is 0.151. The van der Waals surface area contributed by atoms with Crippen molar-refractivity contribution in [3.8, 4) is 0 Å². The summed E-state index contributed by atoms with van der Waals surface area (Å²) in [6, 6.07) is 19.3. The molecular formula is C24H32N2O2. The topological polar surface area (TPSA) is 41.6 Å². The van der Waals surface area contributed by atoms with Gasteiger partial charge in [0.05, 0.1) is 19.3 Å². The number of carbonyl (C=O) groups excluding carboxylic acids is 1. The number of carbonyl (C=O) groups is 1. The second-order valence-electron chi connectivity index (χ2n) is 7.57. The molecule has 2 aromatic rings. The maximum atomic E-state index is 12.4. The molecule has 3 rings (SSSR count). The lowest BCUT2D eigenvalue weighted by atomic mass is 10.0. The molecule has 2 aromatic carbocycles. The van der Waals surface area contributed by atoms with Gasteiger partial charge >= 0.3 is 0 Å². The van der Waals surface area contributed by atoms with E-state index in [1.165, 1.54) is 16.7 Å². The highest BCUT2D eigenvalue weighted by molar-refractivity contribution is 5.75. The van der Waals surface area contributed by atoms with Gasteiger partial charge in [-0.25, -0.2) is 0 Å². The van der Waals surface area contributed by atoms with Crippen molar-refractivity contribution in [2.24, 2.45) is 0 Å². The molecule has 4 heteroatoms. The van der Waals surface area contributed by atoms with Crippen LogP contribution in [0, 0.1) is 6.92 Å². The van der Waals surface area contributed by atoms with Gasteiger partial charge in [0, 0.05) is 26.1 Å². The quantitative estimate of drug-likeness (QED) is 0.671. The van der Waals surface area contributed by atoms with Crippen molar-refractivity contribution < 1.29 is 9.53 Å². The van der Waals surface area contributed by atoms with Gasteiger partial charge in [-0.15, -0.1) is 0 Å². The molecule has 150 valence electrons. The second-order valence-corrected chi connectivity index (χ2v) is 7.57. The molecule has 0 radical (unpaired) electrons. The van der Waals surface area contributed by atoms with E-state index < -0.39 is 0 Å². The molecule has 1 unspecified atom stereocenters. The van der Waals surface area contributed by atoms with E-state index in [1.54, 1.807) is 0 Å². The lowest BCUT2D eigenvalue weighted by Crippen LogP contribution is -2.43. The molecule has 1 atom stereocenters. The Bertz CT molecular complexity index is 709. The molecular weight excluding hydrogens is 348 g/mol. The number of morpholine rings is 1. The SMILES string of the molecule is Cc1ccc(C(CNC(=O)CCCCc2ccccc2)N2CCOCC2)cc1. The van der Waals surface area contributed by atoms with Crippen LogP contribution in [0.5, 0.6) is 0 Å². The number of nitrogens with zero attached hydrogens (tertiary/aromatic N) is 1. The number of nitrogens with one attached hydrogen (secondary N) is 1. The zero-order chi connectivity index (χ0) is 19.6. The van der Waals surface area contributed by atoms with Gasteiger partial charge in [0.25, 0.3) is 0 Å². The zero-order valence-corrected chi connectivity index (χ0v) is 16.9. The number of amides is 1. The van der Waals surface area contributed by atoms with E-state index in [1.807, 2.05) is 6.07 Å². The lowest BCUT2D eigenvalue weighted by molar-refractivity contribution is -0.121. The molecule has 4 nitrogen and oxygen atoms in total. The van der Waals surface area contributed by atoms with Crippen LogP contribution in [0.1, 0.15) is 42.0 Å². The molecule has 0 bridgehead atoms.